The topological polar surface area (TPSA) is 127 Å². The van der Waals surface area contributed by atoms with E-state index in [1.54, 1.807) is 24.3 Å². The molecule has 2 heterocycles. The summed E-state index contributed by atoms with van der Waals surface area (Å²) in [5.74, 6) is 0.641. The van der Waals surface area contributed by atoms with Crippen LogP contribution >= 0.6 is 11.6 Å². The third kappa shape index (κ3) is 10.5. The van der Waals surface area contributed by atoms with Crippen molar-refractivity contribution in [2.45, 2.75) is 70.2 Å². The van der Waals surface area contributed by atoms with E-state index in [1.807, 2.05) is 35.0 Å². The number of aliphatic hydroxyl groups is 1. The predicted octanol–water partition coefficient (Wildman–Crippen LogP) is 7.13. The zero-order valence-corrected chi connectivity index (χ0v) is 28.2. The molecule has 0 saturated carbocycles. The van der Waals surface area contributed by atoms with Gasteiger partial charge in [0.2, 0.25) is 5.91 Å². The first-order valence-corrected chi connectivity index (χ1v) is 19.4. The number of ether oxygens (including phenoxy) is 2. The lowest BCUT2D eigenvalue weighted by molar-refractivity contribution is -0.116. The lowest BCUT2D eigenvalue weighted by Gasteiger charge is -2.21. The summed E-state index contributed by atoms with van der Waals surface area (Å²) in [6, 6.07) is 13.4. The van der Waals surface area contributed by atoms with Crippen LogP contribution in [0.3, 0.4) is 0 Å². The first kappa shape index (κ1) is 34.4. The molecule has 2 atom stereocenters. The minimum Gasteiger partial charge on any atom is -0.453 e. The van der Waals surface area contributed by atoms with Crippen molar-refractivity contribution in [3.05, 3.63) is 77.2 Å². The molecule has 45 heavy (non-hydrogen) atoms. The minimum absolute atomic E-state index is 0.144. The highest BCUT2D eigenvalue weighted by molar-refractivity contribution is 6.76. The van der Waals surface area contributed by atoms with Gasteiger partial charge in [-0.2, -0.15) is 0 Å². The third-order valence-electron chi connectivity index (χ3n) is 7.47. The van der Waals surface area contributed by atoms with Gasteiger partial charge in [0.25, 0.3) is 0 Å². The SMILES string of the molecule is COC(=O)Nc1ccc2c(c1)NC(=O)CCC=CC[C@H](NCCC(O)c1cccc(Cl)c1)c1nc-2cn1COCC[Si](C)(C)C. The first-order valence-electron chi connectivity index (χ1n) is 15.3. The molecule has 2 bridgehead atoms. The Morgan fingerprint density at radius 2 is 2.04 bits per heavy atom. The van der Waals surface area contributed by atoms with Crippen LogP contribution in [0.15, 0.2) is 60.8 Å². The van der Waals surface area contributed by atoms with Crippen LogP contribution in [0.1, 0.15) is 49.2 Å². The molecule has 1 aromatic heterocycles. The lowest BCUT2D eigenvalue weighted by Crippen LogP contribution is -2.27. The van der Waals surface area contributed by atoms with Gasteiger partial charge in [-0.15, -0.1) is 0 Å². The quantitative estimate of drug-likeness (QED) is 0.0985. The standard InChI is InChI=1S/C33H44ClN5O5Si/c1-43-33(42)36-25-13-14-26-28(20-25)37-31(41)12-7-5-6-11-27(35-16-15-30(40)23-9-8-10-24(34)19-23)32-38-29(26)21-39(32)22-44-17-18-45(2,3)4/h5-6,8-10,13-14,19-21,27,30,35,40H,7,11-12,15-18,22H2,1-4H3,(H,36,42)(H,37,41)/t27-,30?/m0/s1. The number of hydrogen-bond acceptors (Lipinski definition) is 7. The molecular weight excluding hydrogens is 610 g/mol. The number of anilines is 2. The zero-order chi connectivity index (χ0) is 32.4. The van der Waals surface area contributed by atoms with Crippen molar-refractivity contribution < 1.29 is 24.2 Å². The van der Waals surface area contributed by atoms with Gasteiger partial charge in [-0.25, -0.2) is 9.78 Å². The largest absolute Gasteiger partial charge is 0.453 e. The molecule has 1 unspecified atom stereocenters. The first-order chi connectivity index (χ1) is 21.5. The number of carbonyl (C=O) groups is 2. The van der Waals surface area contributed by atoms with E-state index < -0.39 is 20.3 Å². The number of benzene rings is 2. The van der Waals surface area contributed by atoms with E-state index in [0.717, 1.165) is 17.4 Å². The number of halogens is 1. The van der Waals surface area contributed by atoms with Gasteiger partial charge in [-0.3, -0.25) is 10.1 Å². The van der Waals surface area contributed by atoms with Crippen LogP contribution in [0.4, 0.5) is 16.2 Å². The van der Waals surface area contributed by atoms with Crippen molar-refractivity contribution in [3.8, 4) is 11.3 Å². The molecule has 12 heteroatoms. The molecule has 0 fully saturated rings. The van der Waals surface area contributed by atoms with E-state index in [-0.39, 0.29) is 11.9 Å². The fourth-order valence-corrected chi connectivity index (χ4v) is 5.89. The van der Waals surface area contributed by atoms with Gasteiger partial charge in [0, 0.05) is 43.6 Å². The molecule has 2 amide bonds. The fraction of sp³-hybridized carbons (Fsp3) is 0.424. The van der Waals surface area contributed by atoms with Crippen LogP contribution in [0.25, 0.3) is 11.3 Å². The van der Waals surface area contributed by atoms with Crippen molar-refractivity contribution in [1.82, 2.24) is 14.9 Å². The zero-order valence-electron chi connectivity index (χ0n) is 26.4. The van der Waals surface area contributed by atoms with E-state index in [2.05, 4.69) is 41.7 Å². The monoisotopic (exact) mass is 653 g/mol. The highest BCUT2D eigenvalue weighted by Crippen LogP contribution is 2.33. The Morgan fingerprint density at radius 3 is 2.80 bits per heavy atom. The van der Waals surface area contributed by atoms with E-state index in [0.29, 0.717) is 73.2 Å². The predicted molar refractivity (Wildman–Crippen MR) is 181 cm³/mol. The molecule has 0 saturated heterocycles. The molecule has 4 N–H and O–H groups in total. The maximum atomic E-state index is 12.9. The second kappa shape index (κ2) is 16.2. The average Bonchev–Trinajstić information content (AvgIpc) is 3.41. The van der Waals surface area contributed by atoms with E-state index >= 15 is 0 Å². The molecule has 242 valence electrons. The summed E-state index contributed by atoms with van der Waals surface area (Å²) < 4.78 is 12.9. The number of fused-ring (bicyclic) bond motifs is 4. The lowest BCUT2D eigenvalue weighted by atomic mass is 10.1. The van der Waals surface area contributed by atoms with Gasteiger partial charge in [0.05, 0.1) is 30.6 Å². The Bertz CT molecular complexity index is 1490. The molecule has 3 aromatic rings. The number of nitrogens with zero attached hydrogens (tertiary/aromatic N) is 2. The van der Waals surface area contributed by atoms with Crippen LogP contribution in [0.2, 0.25) is 30.7 Å². The number of imidazole rings is 1. The van der Waals surface area contributed by atoms with Crippen molar-refractivity contribution >= 4 is 43.1 Å². The summed E-state index contributed by atoms with van der Waals surface area (Å²) in [6.45, 7) is 8.47. The summed E-state index contributed by atoms with van der Waals surface area (Å²) in [5.41, 5.74) is 3.16. The Balaban J connectivity index is 1.66. The highest BCUT2D eigenvalue weighted by Gasteiger charge is 2.22. The number of nitrogens with one attached hydrogen (secondary N) is 3. The molecule has 4 rings (SSSR count). The fourth-order valence-electron chi connectivity index (χ4n) is 4.93. The number of rotatable bonds is 11. The Hall–Kier alpha value is -3.48. The normalized spacial score (nSPS) is 16.0. The van der Waals surface area contributed by atoms with Gasteiger partial charge in [0.1, 0.15) is 12.6 Å². The average molecular weight is 654 g/mol. The second-order valence-electron chi connectivity index (χ2n) is 12.3. The number of hydrogen-bond donors (Lipinski definition) is 4. The van der Waals surface area contributed by atoms with Crippen LogP contribution in [-0.4, -0.2) is 55.0 Å². The van der Waals surface area contributed by atoms with Crippen molar-refractivity contribution in [2.24, 2.45) is 0 Å². The van der Waals surface area contributed by atoms with Crippen LogP contribution in [0.5, 0.6) is 0 Å². The maximum Gasteiger partial charge on any atom is 0.411 e. The summed E-state index contributed by atoms with van der Waals surface area (Å²) in [4.78, 5) is 29.8. The van der Waals surface area contributed by atoms with Crippen molar-refractivity contribution in [2.75, 3.05) is 30.9 Å². The number of carbonyl (C=O) groups excluding carboxylic acids is 2. The number of aromatic nitrogens is 2. The molecule has 0 aliphatic carbocycles. The van der Waals surface area contributed by atoms with Gasteiger partial charge in [-0.05, 0) is 67.7 Å². The number of methoxy groups -OCH3 is 1. The Kier molecular flexibility index (Phi) is 12.4. The van der Waals surface area contributed by atoms with Gasteiger partial charge in [-0.1, -0.05) is 55.5 Å². The molecule has 2 aromatic carbocycles. The maximum absolute atomic E-state index is 12.9. The molecule has 1 aliphatic heterocycles. The van der Waals surface area contributed by atoms with Crippen LogP contribution in [-0.2, 0) is 21.0 Å². The molecule has 10 nitrogen and oxygen atoms in total. The van der Waals surface area contributed by atoms with Gasteiger partial charge >= 0.3 is 6.09 Å². The van der Waals surface area contributed by atoms with Crippen LogP contribution < -0.4 is 16.0 Å². The number of aliphatic hydroxyl groups excluding tert-OH is 1. The Morgan fingerprint density at radius 1 is 1.22 bits per heavy atom. The molecule has 0 spiro atoms. The highest BCUT2D eigenvalue weighted by atomic mass is 35.5. The summed E-state index contributed by atoms with van der Waals surface area (Å²) >= 11 is 6.14. The number of amides is 2. The number of allylic oxidation sites excluding steroid dienone is 1. The Labute approximate surface area is 271 Å². The second-order valence-corrected chi connectivity index (χ2v) is 18.4. The molecule has 0 radical (unpaired) electrons. The third-order valence-corrected chi connectivity index (χ3v) is 9.40. The smallest absolute Gasteiger partial charge is 0.411 e. The van der Waals surface area contributed by atoms with Crippen molar-refractivity contribution in [3.63, 3.8) is 0 Å². The van der Waals surface area contributed by atoms with Crippen LogP contribution in [0, 0.1) is 0 Å². The van der Waals surface area contributed by atoms with Crippen molar-refractivity contribution in [1.29, 1.82) is 0 Å². The van der Waals surface area contributed by atoms with E-state index in [4.69, 9.17) is 26.1 Å². The molecular formula is C33H44ClN5O5Si. The van der Waals surface area contributed by atoms with Gasteiger partial charge < -0.3 is 29.8 Å². The van der Waals surface area contributed by atoms with E-state index in [1.165, 1.54) is 7.11 Å². The summed E-state index contributed by atoms with van der Waals surface area (Å²) in [7, 11) is 0.0203. The molecule has 1 aliphatic rings. The van der Waals surface area contributed by atoms with Gasteiger partial charge in [0.15, 0.2) is 0 Å². The summed E-state index contributed by atoms with van der Waals surface area (Å²) in [5, 5.41) is 20.7. The minimum atomic E-state index is -1.28. The van der Waals surface area contributed by atoms with E-state index in [9.17, 15) is 14.7 Å². The summed E-state index contributed by atoms with van der Waals surface area (Å²) in [6.07, 6.45) is 6.72.